The molecule has 3 rings (SSSR count). The molecule has 4 nitrogen and oxygen atoms in total. The second-order valence-corrected chi connectivity index (χ2v) is 5.95. The van der Waals surface area contributed by atoms with Crippen LogP contribution in [0.25, 0.3) is 0 Å². The van der Waals surface area contributed by atoms with Crippen molar-refractivity contribution >= 4 is 23.2 Å². The van der Waals surface area contributed by atoms with Crippen LogP contribution in [-0.4, -0.2) is 32.2 Å². The molecule has 1 aliphatic rings. The number of anilines is 1. The van der Waals surface area contributed by atoms with Gasteiger partial charge in [0.1, 0.15) is 5.82 Å². The first kappa shape index (κ1) is 16.7. The molecule has 0 atom stereocenters. The highest BCUT2D eigenvalue weighted by Gasteiger charge is 2.18. The van der Waals surface area contributed by atoms with Crippen molar-refractivity contribution in [2.45, 2.75) is 6.54 Å². The number of para-hydroxylation sites is 1. The number of benzene rings is 2. The van der Waals surface area contributed by atoms with Gasteiger partial charge in [0.2, 0.25) is 0 Å². The van der Waals surface area contributed by atoms with Gasteiger partial charge in [-0.15, -0.1) is 0 Å². The number of carbonyl (C=O) groups excluding carboxylic acids is 1. The molecule has 0 bridgehead atoms. The second-order valence-electron chi connectivity index (χ2n) is 5.55. The van der Waals surface area contributed by atoms with E-state index in [1.165, 1.54) is 12.1 Å². The zero-order valence-electron chi connectivity index (χ0n) is 13.1. The highest BCUT2D eigenvalue weighted by molar-refractivity contribution is 6.30. The summed E-state index contributed by atoms with van der Waals surface area (Å²) in [7, 11) is 0. The molecule has 2 aromatic rings. The number of carbonyl (C=O) groups is 1. The van der Waals surface area contributed by atoms with E-state index in [2.05, 4.69) is 10.2 Å². The number of halogens is 2. The van der Waals surface area contributed by atoms with Gasteiger partial charge in [-0.1, -0.05) is 29.8 Å². The third-order valence-electron chi connectivity index (χ3n) is 3.94. The predicted octanol–water partition coefficient (Wildman–Crippen LogP) is 3.25. The summed E-state index contributed by atoms with van der Waals surface area (Å²) in [6, 6.07) is 11.9. The summed E-state index contributed by atoms with van der Waals surface area (Å²) in [5.74, 6) is -0.637. The molecule has 2 aromatic carbocycles. The van der Waals surface area contributed by atoms with Crippen LogP contribution in [0, 0.1) is 5.82 Å². The largest absolute Gasteiger partial charge is 0.378 e. The first-order valence-corrected chi connectivity index (χ1v) is 8.17. The lowest BCUT2D eigenvalue weighted by molar-refractivity contribution is 0.0949. The maximum absolute atomic E-state index is 13.2. The number of nitrogens with one attached hydrogen (secondary N) is 1. The molecule has 1 N–H and O–H groups in total. The predicted molar refractivity (Wildman–Crippen MR) is 92.1 cm³/mol. The molecule has 1 fully saturated rings. The van der Waals surface area contributed by atoms with Gasteiger partial charge in [0.25, 0.3) is 5.91 Å². The van der Waals surface area contributed by atoms with E-state index in [0.717, 1.165) is 24.3 Å². The number of hydrogen-bond donors (Lipinski definition) is 1. The maximum atomic E-state index is 13.2. The van der Waals surface area contributed by atoms with Crippen LogP contribution < -0.4 is 10.2 Å². The lowest BCUT2D eigenvalue weighted by Crippen LogP contribution is -2.37. The highest BCUT2D eigenvalue weighted by atomic mass is 35.5. The van der Waals surface area contributed by atoms with Crippen molar-refractivity contribution in [2.24, 2.45) is 0 Å². The molecule has 1 amide bonds. The van der Waals surface area contributed by atoms with Crippen molar-refractivity contribution in [3.8, 4) is 0 Å². The third-order valence-corrected chi connectivity index (χ3v) is 4.23. The molecule has 1 saturated heterocycles. The van der Waals surface area contributed by atoms with Gasteiger partial charge in [-0.25, -0.2) is 4.39 Å². The van der Waals surface area contributed by atoms with Gasteiger partial charge >= 0.3 is 0 Å². The molecular formula is C18H18ClFN2O2. The van der Waals surface area contributed by atoms with Gasteiger partial charge in [0.15, 0.2) is 0 Å². The van der Waals surface area contributed by atoms with E-state index in [4.69, 9.17) is 16.3 Å². The van der Waals surface area contributed by atoms with E-state index < -0.39 is 5.82 Å². The monoisotopic (exact) mass is 348 g/mol. The number of hydrogen-bond acceptors (Lipinski definition) is 3. The quantitative estimate of drug-likeness (QED) is 0.922. The molecule has 6 heteroatoms. The molecule has 0 aliphatic carbocycles. The van der Waals surface area contributed by atoms with Crippen molar-refractivity contribution in [3.63, 3.8) is 0 Å². The molecule has 1 heterocycles. The highest BCUT2D eigenvalue weighted by Crippen LogP contribution is 2.22. The number of nitrogens with zero attached hydrogens (tertiary/aromatic N) is 1. The molecule has 0 saturated carbocycles. The van der Waals surface area contributed by atoms with Crippen LogP contribution in [0.1, 0.15) is 15.9 Å². The van der Waals surface area contributed by atoms with Gasteiger partial charge in [-0.3, -0.25) is 4.79 Å². The van der Waals surface area contributed by atoms with Crippen LogP contribution in [0.2, 0.25) is 5.02 Å². The summed E-state index contributed by atoms with van der Waals surface area (Å²) < 4.78 is 18.5. The van der Waals surface area contributed by atoms with Crippen molar-refractivity contribution in [2.75, 3.05) is 31.2 Å². The van der Waals surface area contributed by atoms with Gasteiger partial charge in [0.05, 0.1) is 23.8 Å². The Labute approximate surface area is 145 Å². The Morgan fingerprint density at radius 2 is 1.96 bits per heavy atom. The molecule has 24 heavy (non-hydrogen) atoms. The SMILES string of the molecule is O=C(NCc1ccc(F)c(Cl)c1)c1ccccc1N1CCOCC1. The van der Waals surface area contributed by atoms with Gasteiger partial charge in [0, 0.05) is 25.3 Å². The normalized spacial score (nSPS) is 14.5. The van der Waals surface area contributed by atoms with E-state index >= 15 is 0 Å². The fourth-order valence-electron chi connectivity index (χ4n) is 2.67. The van der Waals surface area contributed by atoms with Crippen LogP contribution in [0.5, 0.6) is 0 Å². The first-order chi connectivity index (χ1) is 11.6. The minimum absolute atomic E-state index is 0.0514. The van der Waals surface area contributed by atoms with Crippen molar-refractivity contribution in [3.05, 3.63) is 64.4 Å². The zero-order chi connectivity index (χ0) is 16.9. The zero-order valence-corrected chi connectivity index (χ0v) is 13.9. The first-order valence-electron chi connectivity index (χ1n) is 7.79. The Kier molecular flexibility index (Phi) is 5.33. The lowest BCUT2D eigenvalue weighted by Gasteiger charge is -2.30. The van der Waals surface area contributed by atoms with Crippen molar-refractivity contribution in [1.29, 1.82) is 0 Å². The van der Waals surface area contributed by atoms with Crippen molar-refractivity contribution in [1.82, 2.24) is 5.32 Å². The molecule has 0 unspecified atom stereocenters. The summed E-state index contributed by atoms with van der Waals surface area (Å²) in [5.41, 5.74) is 2.27. The summed E-state index contributed by atoms with van der Waals surface area (Å²) in [5, 5.41) is 2.91. The lowest BCUT2D eigenvalue weighted by atomic mass is 10.1. The Morgan fingerprint density at radius 1 is 1.21 bits per heavy atom. The fourth-order valence-corrected chi connectivity index (χ4v) is 2.88. The molecule has 0 spiro atoms. The molecule has 0 aromatic heterocycles. The number of morpholine rings is 1. The van der Waals surface area contributed by atoms with E-state index in [1.807, 2.05) is 18.2 Å². The van der Waals surface area contributed by atoms with Crippen molar-refractivity contribution < 1.29 is 13.9 Å². The average molecular weight is 349 g/mol. The van der Waals surface area contributed by atoms with E-state index in [-0.39, 0.29) is 17.5 Å². The number of rotatable bonds is 4. The Morgan fingerprint density at radius 3 is 2.71 bits per heavy atom. The van der Waals surface area contributed by atoms with Crippen LogP contribution in [0.4, 0.5) is 10.1 Å². The Bertz CT molecular complexity index is 733. The Balaban J connectivity index is 1.71. The van der Waals surface area contributed by atoms with Crippen LogP contribution in [0.3, 0.4) is 0 Å². The minimum atomic E-state index is -0.468. The standard InChI is InChI=1S/C18H18ClFN2O2/c19-15-11-13(5-6-16(15)20)12-21-18(23)14-3-1-2-4-17(14)22-7-9-24-10-8-22/h1-6,11H,7-10,12H2,(H,21,23). The van der Waals surface area contributed by atoms with E-state index in [0.29, 0.717) is 18.8 Å². The average Bonchev–Trinajstić information content (AvgIpc) is 2.63. The summed E-state index contributed by atoms with van der Waals surface area (Å²) in [4.78, 5) is 14.7. The minimum Gasteiger partial charge on any atom is -0.378 e. The fraction of sp³-hybridized carbons (Fsp3) is 0.278. The summed E-state index contributed by atoms with van der Waals surface area (Å²) in [6.07, 6.45) is 0. The smallest absolute Gasteiger partial charge is 0.253 e. The van der Waals surface area contributed by atoms with Gasteiger partial charge < -0.3 is 15.0 Å². The van der Waals surface area contributed by atoms with Crippen LogP contribution in [0.15, 0.2) is 42.5 Å². The topological polar surface area (TPSA) is 41.6 Å². The third kappa shape index (κ3) is 3.86. The maximum Gasteiger partial charge on any atom is 0.253 e. The van der Waals surface area contributed by atoms with Crippen LogP contribution >= 0.6 is 11.6 Å². The Hall–Kier alpha value is -2.11. The second kappa shape index (κ2) is 7.64. The molecule has 0 radical (unpaired) electrons. The van der Waals surface area contributed by atoms with E-state index in [1.54, 1.807) is 12.1 Å². The van der Waals surface area contributed by atoms with E-state index in [9.17, 15) is 9.18 Å². The van der Waals surface area contributed by atoms with Gasteiger partial charge in [-0.2, -0.15) is 0 Å². The summed E-state index contributed by atoms with van der Waals surface area (Å²) in [6.45, 7) is 3.13. The molecular weight excluding hydrogens is 331 g/mol. The molecule has 126 valence electrons. The van der Waals surface area contributed by atoms with Crippen LogP contribution in [-0.2, 0) is 11.3 Å². The number of ether oxygens (including phenoxy) is 1. The molecule has 1 aliphatic heterocycles. The van der Waals surface area contributed by atoms with Gasteiger partial charge in [-0.05, 0) is 29.8 Å². The summed E-state index contributed by atoms with van der Waals surface area (Å²) >= 11 is 5.77. The number of amides is 1.